The lowest BCUT2D eigenvalue weighted by Gasteiger charge is -2.10. The van der Waals surface area contributed by atoms with Crippen molar-refractivity contribution in [3.8, 4) is 6.07 Å². The van der Waals surface area contributed by atoms with Gasteiger partial charge in [-0.05, 0) is 29.5 Å². The maximum absolute atomic E-state index is 10.4. The zero-order valence-corrected chi connectivity index (χ0v) is 13.2. The molecule has 3 rings (SSSR count). The molecule has 0 amide bonds. The number of nitrogens with zero attached hydrogens (tertiary/aromatic N) is 6. The molecule has 0 bridgehead atoms. The van der Waals surface area contributed by atoms with Crippen molar-refractivity contribution in [3.05, 3.63) is 35.8 Å². The van der Waals surface area contributed by atoms with Gasteiger partial charge < -0.3 is 10.1 Å². The number of fused-ring (bicyclic) bond motifs is 1. The summed E-state index contributed by atoms with van der Waals surface area (Å²) in [5, 5.41) is 31.2. The Kier molecular flexibility index (Phi) is 3.99. The van der Waals surface area contributed by atoms with E-state index in [1.54, 1.807) is 14.0 Å². The first kappa shape index (κ1) is 15.1. The zero-order chi connectivity index (χ0) is 16.4. The second-order valence-electron chi connectivity index (χ2n) is 4.82. The Morgan fingerprint density at radius 3 is 2.87 bits per heavy atom. The van der Waals surface area contributed by atoms with Crippen LogP contribution in [-0.2, 0) is 7.05 Å². The number of rotatable bonds is 4. The SMILES string of the molecule is CC(Sc1nnnn1C)C(O)=C(C#N)c1nc2ccccc2[nH]1. The van der Waals surface area contributed by atoms with Gasteiger partial charge in [0.2, 0.25) is 5.16 Å². The molecule has 2 N–H and O–H groups in total. The molecule has 0 aliphatic carbocycles. The molecule has 0 fully saturated rings. The van der Waals surface area contributed by atoms with E-state index in [1.165, 1.54) is 16.4 Å². The third-order valence-corrected chi connectivity index (χ3v) is 4.38. The van der Waals surface area contributed by atoms with Crippen LogP contribution in [0.2, 0.25) is 0 Å². The summed E-state index contributed by atoms with van der Waals surface area (Å²) in [4.78, 5) is 7.40. The number of aliphatic hydroxyl groups is 1. The van der Waals surface area contributed by atoms with E-state index in [1.807, 2.05) is 30.3 Å². The van der Waals surface area contributed by atoms with Gasteiger partial charge in [-0.2, -0.15) is 5.26 Å². The highest BCUT2D eigenvalue weighted by molar-refractivity contribution is 7.99. The fourth-order valence-electron chi connectivity index (χ4n) is 2.04. The van der Waals surface area contributed by atoms with E-state index >= 15 is 0 Å². The predicted molar refractivity (Wildman–Crippen MR) is 85.4 cm³/mol. The van der Waals surface area contributed by atoms with Crippen LogP contribution < -0.4 is 0 Å². The number of thioether (sulfide) groups is 1. The van der Waals surface area contributed by atoms with Gasteiger partial charge in [0.25, 0.3) is 0 Å². The number of nitrogens with one attached hydrogen (secondary N) is 1. The molecule has 0 aliphatic heterocycles. The number of H-pyrrole nitrogens is 1. The highest BCUT2D eigenvalue weighted by Gasteiger charge is 2.20. The van der Waals surface area contributed by atoms with Crippen LogP contribution in [0.4, 0.5) is 0 Å². The van der Waals surface area contributed by atoms with Gasteiger partial charge in [-0.3, -0.25) is 0 Å². The lowest BCUT2D eigenvalue weighted by Crippen LogP contribution is -2.06. The normalized spacial score (nSPS) is 13.6. The lowest BCUT2D eigenvalue weighted by atomic mass is 10.2. The maximum atomic E-state index is 10.4. The van der Waals surface area contributed by atoms with E-state index in [2.05, 4.69) is 25.5 Å². The van der Waals surface area contributed by atoms with Crippen LogP contribution in [0.1, 0.15) is 12.7 Å². The van der Waals surface area contributed by atoms with E-state index in [0.29, 0.717) is 11.0 Å². The molecule has 1 aromatic carbocycles. The minimum atomic E-state index is -0.400. The van der Waals surface area contributed by atoms with E-state index in [4.69, 9.17) is 0 Å². The summed E-state index contributed by atoms with van der Waals surface area (Å²) in [6, 6.07) is 9.46. The summed E-state index contributed by atoms with van der Waals surface area (Å²) in [5.41, 5.74) is 1.65. The van der Waals surface area contributed by atoms with E-state index in [-0.39, 0.29) is 11.3 Å². The van der Waals surface area contributed by atoms with Gasteiger partial charge in [-0.25, -0.2) is 9.67 Å². The molecule has 0 saturated heterocycles. The number of para-hydroxylation sites is 2. The Balaban J connectivity index is 1.95. The van der Waals surface area contributed by atoms with Crippen molar-refractivity contribution in [1.82, 2.24) is 30.2 Å². The molecule has 3 aromatic rings. The quantitative estimate of drug-likeness (QED) is 0.428. The number of benzene rings is 1. The predicted octanol–water partition coefficient (Wildman–Crippen LogP) is 2.06. The van der Waals surface area contributed by atoms with Crippen LogP contribution in [-0.4, -0.2) is 40.5 Å². The van der Waals surface area contributed by atoms with Crippen LogP contribution >= 0.6 is 11.8 Å². The topological polar surface area (TPSA) is 116 Å². The van der Waals surface area contributed by atoms with Gasteiger partial charge in [0, 0.05) is 7.05 Å². The molecule has 23 heavy (non-hydrogen) atoms. The van der Waals surface area contributed by atoms with Gasteiger partial charge in [0.05, 0.1) is 16.3 Å². The van der Waals surface area contributed by atoms with Gasteiger partial charge >= 0.3 is 0 Å². The molecular weight excluding hydrogens is 314 g/mol. The Morgan fingerprint density at radius 2 is 2.22 bits per heavy atom. The first-order valence-corrected chi connectivity index (χ1v) is 7.65. The average Bonchev–Trinajstić information content (AvgIpc) is 3.14. The number of aromatic amines is 1. The number of nitriles is 1. The summed E-state index contributed by atoms with van der Waals surface area (Å²) in [6.07, 6.45) is 0. The monoisotopic (exact) mass is 327 g/mol. The van der Waals surface area contributed by atoms with Crippen LogP contribution in [0.5, 0.6) is 0 Å². The molecule has 0 spiro atoms. The molecule has 8 nitrogen and oxygen atoms in total. The smallest absolute Gasteiger partial charge is 0.209 e. The number of hydrogen-bond donors (Lipinski definition) is 2. The van der Waals surface area contributed by atoms with Crippen LogP contribution in [0, 0.1) is 11.3 Å². The highest BCUT2D eigenvalue weighted by atomic mass is 32.2. The van der Waals surface area contributed by atoms with Crippen molar-refractivity contribution in [1.29, 1.82) is 5.26 Å². The van der Waals surface area contributed by atoms with Crippen molar-refractivity contribution < 1.29 is 5.11 Å². The molecule has 0 radical (unpaired) electrons. The second kappa shape index (κ2) is 6.10. The number of aromatic nitrogens is 6. The summed E-state index contributed by atoms with van der Waals surface area (Å²) < 4.78 is 1.50. The molecule has 2 aromatic heterocycles. The summed E-state index contributed by atoms with van der Waals surface area (Å²) in [5.74, 6) is 0.272. The van der Waals surface area contributed by atoms with Crippen molar-refractivity contribution in [2.75, 3.05) is 0 Å². The van der Waals surface area contributed by atoms with Crippen LogP contribution in [0.25, 0.3) is 16.6 Å². The van der Waals surface area contributed by atoms with Gasteiger partial charge in [0.15, 0.2) is 5.82 Å². The number of hydrogen-bond acceptors (Lipinski definition) is 7. The van der Waals surface area contributed by atoms with Gasteiger partial charge in [-0.15, -0.1) is 5.10 Å². The number of aliphatic hydroxyl groups excluding tert-OH is 1. The van der Waals surface area contributed by atoms with Crippen molar-refractivity contribution >= 4 is 28.4 Å². The molecule has 116 valence electrons. The minimum absolute atomic E-state index is 0.0699. The Hall–Kier alpha value is -2.86. The van der Waals surface area contributed by atoms with E-state index < -0.39 is 5.25 Å². The number of aryl methyl sites for hydroxylation is 1. The van der Waals surface area contributed by atoms with E-state index in [0.717, 1.165) is 11.0 Å². The van der Waals surface area contributed by atoms with Crippen LogP contribution in [0.15, 0.2) is 35.2 Å². The maximum Gasteiger partial charge on any atom is 0.209 e. The first-order valence-electron chi connectivity index (χ1n) is 6.77. The molecule has 0 aliphatic rings. The third-order valence-electron chi connectivity index (χ3n) is 3.24. The fourth-order valence-corrected chi connectivity index (χ4v) is 2.86. The van der Waals surface area contributed by atoms with Crippen molar-refractivity contribution in [2.45, 2.75) is 17.3 Å². The molecule has 9 heteroatoms. The lowest BCUT2D eigenvalue weighted by molar-refractivity contribution is 0.401. The number of allylic oxidation sites excluding steroid dienone is 1. The van der Waals surface area contributed by atoms with Gasteiger partial charge in [-0.1, -0.05) is 23.9 Å². The van der Waals surface area contributed by atoms with Crippen molar-refractivity contribution in [3.63, 3.8) is 0 Å². The highest BCUT2D eigenvalue weighted by Crippen LogP contribution is 2.28. The fraction of sp³-hybridized carbons (Fsp3) is 0.214. The summed E-state index contributed by atoms with van der Waals surface area (Å²) >= 11 is 1.26. The largest absolute Gasteiger partial charge is 0.510 e. The molecular formula is C14H13N7OS. The van der Waals surface area contributed by atoms with Gasteiger partial charge in [0.1, 0.15) is 17.4 Å². The molecule has 1 atom stereocenters. The third kappa shape index (κ3) is 2.89. The Bertz CT molecular complexity index is 887. The standard InChI is InChI=1S/C14H13N7OS/c1-8(23-14-18-19-20-21(14)2)12(22)9(7-15)13-16-10-5-3-4-6-11(10)17-13/h3-6,8,22H,1-2H3,(H,16,17). The second-order valence-corrected chi connectivity index (χ2v) is 6.13. The summed E-state index contributed by atoms with van der Waals surface area (Å²) in [7, 11) is 1.71. The minimum Gasteiger partial charge on any atom is -0.510 e. The first-order chi connectivity index (χ1) is 11.1. The average molecular weight is 327 g/mol. The molecule has 0 saturated carbocycles. The van der Waals surface area contributed by atoms with Crippen molar-refractivity contribution in [2.24, 2.45) is 7.05 Å². The zero-order valence-electron chi connectivity index (χ0n) is 12.4. The number of tetrazole rings is 1. The molecule has 1 unspecified atom stereocenters. The Labute approximate surface area is 135 Å². The summed E-state index contributed by atoms with van der Waals surface area (Å²) in [6.45, 7) is 1.77. The molecule has 2 heterocycles. The van der Waals surface area contributed by atoms with Crippen LogP contribution in [0.3, 0.4) is 0 Å². The number of imidazole rings is 1. The van der Waals surface area contributed by atoms with E-state index in [9.17, 15) is 10.4 Å². The Morgan fingerprint density at radius 1 is 1.43 bits per heavy atom.